The van der Waals surface area contributed by atoms with Crippen LogP contribution < -0.4 is 39.7 Å². The number of carboxylic acids is 1. The minimum Gasteiger partial charge on any atom is -0.506 e. The number of nitrogens with zero attached hydrogens (tertiary/aromatic N) is 2. The second-order valence-electron chi connectivity index (χ2n) is 15.8. The van der Waals surface area contributed by atoms with E-state index < -0.39 is 5.97 Å². The molecule has 0 aliphatic carbocycles. The van der Waals surface area contributed by atoms with E-state index in [2.05, 4.69) is 63.2 Å². The number of oxazole rings is 2. The summed E-state index contributed by atoms with van der Waals surface area (Å²) in [4.78, 5) is 54.4. The molecule has 18 heteroatoms. The number of rotatable bonds is 6. The van der Waals surface area contributed by atoms with Crippen LogP contribution in [0.4, 0.5) is 22.7 Å². The molecule has 15 nitrogen and oxygen atoms in total. The van der Waals surface area contributed by atoms with Crippen molar-refractivity contribution in [3.63, 3.8) is 0 Å². The van der Waals surface area contributed by atoms with Gasteiger partial charge in [0.25, 0.3) is 5.91 Å². The van der Waals surface area contributed by atoms with E-state index in [1.54, 1.807) is 30.3 Å². The number of carbonyl (C=O) groups is 4. The first kappa shape index (κ1) is 51.1. The van der Waals surface area contributed by atoms with E-state index in [0.29, 0.717) is 61.4 Å². The largest absolute Gasteiger partial charge is 0.506 e. The van der Waals surface area contributed by atoms with Gasteiger partial charge in [0.15, 0.2) is 11.2 Å². The van der Waals surface area contributed by atoms with Crippen LogP contribution >= 0.6 is 37.2 Å². The molecule has 0 fully saturated rings. The number of halogens is 3. The number of hydrogen-bond acceptors (Lipinski definition) is 11. The third kappa shape index (κ3) is 12.4. The fourth-order valence-electron chi connectivity index (χ4n) is 7.69. The van der Waals surface area contributed by atoms with Crippen molar-refractivity contribution < 1.29 is 56.2 Å². The Bertz CT molecular complexity index is 3430. The molecule has 12 rings (SSSR count). The predicted octanol–water partition coefficient (Wildman–Crippen LogP) is 9.00. The SMILES string of the molecule is CCOc1ccccc1/C=C1/C(=O)Nc2cc(-c3nc4ccccc4o3)ccc21.I[I-]I.Nc1ccccc1O.O=C1Cc2ccc(-c3nc4ccccc4o3)cc2N1.O=C1Cc2ccc(C(=O)O)cc2N1. The van der Waals surface area contributed by atoms with Crippen LogP contribution in [-0.2, 0) is 27.2 Å². The van der Waals surface area contributed by atoms with Crippen LogP contribution in [0.1, 0.15) is 39.5 Å². The second-order valence-corrected chi connectivity index (χ2v) is 32.1. The van der Waals surface area contributed by atoms with Crippen molar-refractivity contribution in [3.8, 4) is 34.4 Å². The molecular weight excluding hydrogens is 1260 g/mol. The fourth-order valence-corrected chi connectivity index (χ4v) is 7.69. The van der Waals surface area contributed by atoms with E-state index in [1.165, 1.54) is 12.1 Å². The van der Waals surface area contributed by atoms with Crippen molar-refractivity contribution in [1.29, 1.82) is 0 Å². The zero-order valence-corrected chi connectivity index (χ0v) is 44.5. The Morgan fingerprint density at radius 3 is 1.79 bits per heavy atom. The summed E-state index contributed by atoms with van der Waals surface area (Å²) in [5.74, 6) is 0.832. The van der Waals surface area contributed by atoms with Crippen molar-refractivity contribution in [3.05, 3.63) is 179 Å². The molecule has 72 heavy (non-hydrogen) atoms. The first-order valence-electron chi connectivity index (χ1n) is 22.0. The van der Waals surface area contributed by atoms with E-state index in [1.807, 2.05) is 122 Å². The van der Waals surface area contributed by atoms with Crippen LogP contribution in [0, 0.1) is 0 Å². The number of hydrogen-bond donors (Lipinski definition) is 6. The van der Waals surface area contributed by atoms with Gasteiger partial charge in [0, 0.05) is 44.9 Å². The summed E-state index contributed by atoms with van der Waals surface area (Å²) in [7, 11) is 0. The normalized spacial score (nSPS) is 13.1. The summed E-state index contributed by atoms with van der Waals surface area (Å²) in [5.41, 5.74) is 17.1. The summed E-state index contributed by atoms with van der Waals surface area (Å²) in [6.45, 7) is 2.51. The number of fused-ring (bicyclic) bond motifs is 5. The van der Waals surface area contributed by atoms with Gasteiger partial charge in [-0.2, -0.15) is 0 Å². The van der Waals surface area contributed by atoms with Gasteiger partial charge in [0.05, 0.1) is 30.7 Å². The molecule has 0 saturated heterocycles. The molecule has 2 aromatic heterocycles. The van der Waals surface area contributed by atoms with Crippen LogP contribution in [0.2, 0.25) is 0 Å². The number of carbonyl (C=O) groups excluding carboxylic acids is 3. The Balaban J connectivity index is 0.000000138. The van der Waals surface area contributed by atoms with Crippen LogP contribution in [0.25, 0.3) is 56.8 Å². The number of benzene rings is 7. The summed E-state index contributed by atoms with van der Waals surface area (Å²) in [6.07, 6.45) is 2.66. The zero-order chi connectivity index (χ0) is 50.7. The Labute approximate surface area is 441 Å². The number of nitrogens with one attached hydrogen (secondary N) is 3. The summed E-state index contributed by atoms with van der Waals surface area (Å²) in [5, 5.41) is 25.8. The number of phenols is 1. The number of nitrogen functional groups attached to an aromatic ring is 1. The van der Waals surface area contributed by atoms with Crippen LogP contribution in [-0.4, -0.2) is 50.5 Å². The number of amides is 3. The minimum absolute atomic E-state index is 0.0321. The average Bonchev–Trinajstić information content (AvgIpc) is 4.22. The molecule has 3 aliphatic rings. The minimum atomic E-state index is -0.982. The van der Waals surface area contributed by atoms with E-state index in [0.717, 1.165) is 72.7 Å². The van der Waals surface area contributed by atoms with E-state index in [-0.39, 0.29) is 29.0 Å². The molecule has 0 bridgehead atoms. The quantitative estimate of drug-likeness (QED) is 0.0396. The smallest absolute Gasteiger partial charge is 0.335 e. The van der Waals surface area contributed by atoms with Crippen molar-refractivity contribution in [2.75, 3.05) is 28.3 Å². The van der Waals surface area contributed by atoms with Gasteiger partial charge in [0.1, 0.15) is 22.5 Å². The van der Waals surface area contributed by atoms with Crippen LogP contribution in [0.3, 0.4) is 0 Å². The topological polar surface area (TPSA) is 232 Å². The van der Waals surface area contributed by atoms with E-state index in [4.69, 9.17) is 29.5 Å². The molecule has 7 N–H and O–H groups in total. The molecule has 0 radical (unpaired) electrons. The number of aromatic nitrogens is 2. The van der Waals surface area contributed by atoms with Crippen LogP contribution in [0.5, 0.6) is 11.5 Å². The van der Waals surface area contributed by atoms with E-state index >= 15 is 0 Å². The maximum absolute atomic E-state index is 12.6. The molecule has 0 atom stereocenters. The van der Waals surface area contributed by atoms with Crippen molar-refractivity contribution >= 4 is 118 Å². The number of anilines is 4. The number of carboxylic acid groups (broad SMARTS) is 1. The van der Waals surface area contributed by atoms with E-state index in [9.17, 15) is 19.2 Å². The zero-order valence-electron chi connectivity index (χ0n) is 38.0. The monoisotopic (exact) mass is 1300 g/mol. The second kappa shape index (κ2) is 23.7. The molecule has 0 spiro atoms. The molecule has 7 aromatic carbocycles. The molecule has 364 valence electrons. The van der Waals surface area contributed by atoms with Gasteiger partial charge in [-0.1, -0.05) is 72.8 Å². The number of para-hydroxylation sites is 7. The van der Waals surface area contributed by atoms with Gasteiger partial charge < -0.3 is 45.5 Å². The first-order valence-corrected chi connectivity index (χ1v) is 34.6. The van der Waals surface area contributed by atoms with Gasteiger partial charge in [-0.3, -0.25) is 14.4 Å². The Morgan fingerprint density at radius 1 is 0.694 bits per heavy atom. The molecule has 3 aliphatic heterocycles. The number of nitrogens with two attached hydrogens (primary N) is 1. The summed E-state index contributed by atoms with van der Waals surface area (Å²) >= 11 is 5.30. The summed E-state index contributed by atoms with van der Waals surface area (Å²) in [6, 6.07) is 45.8. The Kier molecular flexibility index (Phi) is 16.8. The van der Waals surface area contributed by atoms with Crippen molar-refractivity contribution in [2.24, 2.45) is 0 Å². The maximum Gasteiger partial charge on any atom is 0.335 e. The third-order valence-electron chi connectivity index (χ3n) is 11.1. The molecule has 0 unspecified atom stereocenters. The van der Waals surface area contributed by atoms with Gasteiger partial charge in [-0.15, -0.1) is 0 Å². The van der Waals surface area contributed by atoms with Gasteiger partial charge in [0.2, 0.25) is 23.6 Å². The maximum atomic E-state index is 12.6. The van der Waals surface area contributed by atoms with Crippen molar-refractivity contribution in [2.45, 2.75) is 19.8 Å². The average molecular weight is 1300 g/mol. The molecule has 5 heterocycles. The fraction of sp³-hybridized carbons (Fsp3) is 0.0741. The van der Waals surface area contributed by atoms with Crippen LogP contribution in [0.15, 0.2) is 160 Å². The molecule has 9 aromatic rings. The Hall–Kier alpha value is -7.31. The van der Waals surface area contributed by atoms with Gasteiger partial charge in [-0.25, -0.2) is 14.8 Å². The van der Waals surface area contributed by atoms with Crippen molar-refractivity contribution in [1.82, 2.24) is 9.97 Å². The van der Waals surface area contributed by atoms with Gasteiger partial charge >= 0.3 is 56.5 Å². The molecular formula is C54H42I3N6O9-. The number of aromatic hydroxyl groups is 1. The Morgan fingerprint density at radius 2 is 1.22 bits per heavy atom. The number of phenolic OH excluding ortho intramolecular Hbond substituents is 1. The third-order valence-corrected chi connectivity index (χ3v) is 11.1. The van der Waals surface area contributed by atoms with Gasteiger partial charge in [-0.05, 0) is 103 Å². The standard InChI is InChI=1S/C24H18N2O3.C15H10N2O2.C9H7NO3.C6H7NO.I3/c1-2-28-21-9-5-3-7-15(21)13-18-17-12-11-16(14-20(17)25-23(18)27)24-26-19-8-4-6-10-22(19)29-24;18-14-8-9-5-6-10(7-12(9)16-14)15-17-11-3-1-2-4-13(11)19-15;11-8-4-5-1-2-6(9(12)13)3-7(5)10-8;7-5-3-1-2-4-6(5)8;1-3-2/h3-14H,2H2,1H3,(H,25,27);1-7H,8H2,(H,16,18);1-3H,4H2,(H,10,11)(H,12,13);1-4,8H,7H2;/q;;;;-1/b18-13+;;;;. The first-order chi connectivity index (χ1) is 34.9. The molecule has 3 amide bonds. The number of aromatic carboxylic acids is 1. The summed E-state index contributed by atoms with van der Waals surface area (Å²) < 4.78 is 17.2. The molecule has 0 saturated carbocycles. The number of ether oxygens (including phenoxy) is 1. The predicted molar refractivity (Wildman–Crippen MR) is 292 cm³/mol.